The molecule has 124 valence electrons. The molecule has 0 spiro atoms. The van der Waals surface area contributed by atoms with Crippen molar-refractivity contribution in [1.82, 2.24) is 0 Å². The first-order valence-corrected chi connectivity index (χ1v) is 8.07. The fourth-order valence-electron chi connectivity index (χ4n) is 2.33. The van der Waals surface area contributed by atoms with E-state index in [1.807, 2.05) is 25.1 Å². The van der Waals surface area contributed by atoms with Crippen LogP contribution in [0.4, 0.5) is 0 Å². The fraction of sp³-hybridized carbons (Fsp3) is 0.400. The van der Waals surface area contributed by atoms with Gasteiger partial charge in [-0.25, -0.2) is 0 Å². The molecule has 0 aliphatic heterocycles. The molecular weight excluding hydrogens is 288 g/mol. The van der Waals surface area contributed by atoms with Crippen LogP contribution in [0, 0.1) is 20.8 Å². The number of unbranched alkanes of at least 4 members (excludes halogenated alkanes) is 1. The minimum atomic E-state index is 0.662. The molecule has 0 atom stereocenters. The van der Waals surface area contributed by atoms with Gasteiger partial charge in [0.25, 0.3) is 0 Å². The van der Waals surface area contributed by atoms with Crippen molar-refractivity contribution in [2.45, 2.75) is 33.6 Å². The second-order valence-electron chi connectivity index (χ2n) is 5.83. The summed E-state index contributed by atoms with van der Waals surface area (Å²) < 4.78 is 17.0. The van der Waals surface area contributed by atoms with Crippen molar-refractivity contribution in [3.8, 4) is 17.2 Å². The highest BCUT2D eigenvalue weighted by Gasteiger charge is 2.04. The third kappa shape index (κ3) is 5.20. The molecule has 0 heterocycles. The number of ether oxygens (including phenoxy) is 3. The van der Waals surface area contributed by atoms with Crippen LogP contribution >= 0.6 is 0 Å². The lowest BCUT2D eigenvalue weighted by atomic mass is 10.1. The zero-order valence-electron chi connectivity index (χ0n) is 14.5. The van der Waals surface area contributed by atoms with Gasteiger partial charge in [0.2, 0.25) is 0 Å². The highest BCUT2D eigenvalue weighted by molar-refractivity contribution is 5.42. The minimum absolute atomic E-state index is 0.662. The molecule has 0 aliphatic rings. The summed E-state index contributed by atoms with van der Waals surface area (Å²) in [5.41, 5.74) is 3.56. The Hall–Kier alpha value is -2.16. The van der Waals surface area contributed by atoms with Gasteiger partial charge in [0.1, 0.15) is 5.75 Å². The Morgan fingerprint density at radius 3 is 1.91 bits per heavy atom. The van der Waals surface area contributed by atoms with Crippen LogP contribution in [0.3, 0.4) is 0 Å². The van der Waals surface area contributed by atoms with Crippen molar-refractivity contribution in [1.29, 1.82) is 0 Å². The van der Waals surface area contributed by atoms with Crippen LogP contribution in [0.25, 0.3) is 0 Å². The van der Waals surface area contributed by atoms with Gasteiger partial charge in [-0.05, 0) is 68.5 Å². The second-order valence-corrected chi connectivity index (χ2v) is 5.83. The zero-order valence-corrected chi connectivity index (χ0v) is 14.5. The molecule has 2 aromatic carbocycles. The summed E-state index contributed by atoms with van der Waals surface area (Å²) in [6, 6.07) is 12.3. The molecule has 2 rings (SSSR count). The third-order valence-corrected chi connectivity index (χ3v) is 3.72. The summed E-state index contributed by atoms with van der Waals surface area (Å²) in [7, 11) is 1.67. The van der Waals surface area contributed by atoms with Crippen LogP contribution in [0.1, 0.15) is 29.5 Å². The SMILES string of the molecule is COc1cc(C)ccc1OCCCCOc1cc(C)ccc1C. The number of methoxy groups -OCH3 is 1. The first kappa shape index (κ1) is 17.2. The molecule has 0 aliphatic carbocycles. The largest absolute Gasteiger partial charge is 0.493 e. The van der Waals surface area contributed by atoms with Gasteiger partial charge in [-0.15, -0.1) is 0 Å². The Morgan fingerprint density at radius 1 is 0.696 bits per heavy atom. The maximum atomic E-state index is 5.85. The van der Waals surface area contributed by atoms with E-state index < -0.39 is 0 Å². The maximum absolute atomic E-state index is 5.85. The van der Waals surface area contributed by atoms with E-state index in [-0.39, 0.29) is 0 Å². The van der Waals surface area contributed by atoms with Gasteiger partial charge in [-0.2, -0.15) is 0 Å². The van der Waals surface area contributed by atoms with Gasteiger partial charge in [0.05, 0.1) is 20.3 Å². The molecule has 0 bridgehead atoms. The average Bonchev–Trinajstić information content (AvgIpc) is 2.54. The van der Waals surface area contributed by atoms with Crippen molar-refractivity contribution >= 4 is 0 Å². The minimum Gasteiger partial charge on any atom is -0.493 e. The molecule has 0 aromatic heterocycles. The molecule has 0 N–H and O–H groups in total. The van der Waals surface area contributed by atoms with E-state index in [0.29, 0.717) is 13.2 Å². The predicted octanol–water partition coefficient (Wildman–Crippen LogP) is 4.86. The topological polar surface area (TPSA) is 27.7 Å². The van der Waals surface area contributed by atoms with Crippen molar-refractivity contribution in [2.24, 2.45) is 0 Å². The summed E-state index contributed by atoms with van der Waals surface area (Å²) >= 11 is 0. The normalized spacial score (nSPS) is 10.4. The van der Waals surface area contributed by atoms with E-state index in [9.17, 15) is 0 Å². The van der Waals surface area contributed by atoms with Crippen molar-refractivity contribution in [3.63, 3.8) is 0 Å². The summed E-state index contributed by atoms with van der Waals surface area (Å²) in [5, 5.41) is 0. The van der Waals surface area contributed by atoms with Gasteiger partial charge >= 0.3 is 0 Å². The van der Waals surface area contributed by atoms with Gasteiger partial charge < -0.3 is 14.2 Å². The highest BCUT2D eigenvalue weighted by atomic mass is 16.5. The molecule has 2 aromatic rings. The molecule has 0 saturated carbocycles. The lowest BCUT2D eigenvalue weighted by Gasteiger charge is -2.12. The lowest BCUT2D eigenvalue weighted by molar-refractivity contribution is 0.257. The molecule has 3 nitrogen and oxygen atoms in total. The monoisotopic (exact) mass is 314 g/mol. The second kappa shape index (κ2) is 8.47. The summed E-state index contributed by atoms with van der Waals surface area (Å²) in [5.74, 6) is 2.57. The molecule has 0 radical (unpaired) electrons. The maximum Gasteiger partial charge on any atom is 0.161 e. The van der Waals surface area contributed by atoms with Crippen molar-refractivity contribution < 1.29 is 14.2 Å². The van der Waals surface area contributed by atoms with E-state index in [0.717, 1.165) is 35.7 Å². The van der Waals surface area contributed by atoms with Gasteiger partial charge in [0.15, 0.2) is 11.5 Å². The Labute approximate surface area is 139 Å². The van der Waals surface area contributed by atoms with E-state index >= 15 is 0 Å². The Kier molecular flexibility index (Phi) is 6.33. The van der Waals surface area contributed by atoms with Crippen molar-refractivity contribution in [2.75, 3.05) is 20.3 Å². The molecule has 23 heavy (non-hydrogen) atoms. The molecule has 0 fully saturated rings. The summed E-state index contributed by atoms with van der Waals surface area (Å²) in [6.45, 7) is 7.56. The van der Waals surface area contributed by atoms with Crippen LogP contribution < -0.4 is 14.2 Å². The first-order valence-electron chi connectivity index (χ1n) is 8.07. The molecule has 0 unspecified atom stereocenters. The quantitative estimate of drug-likeness (QED) is 0.651. The smallest absolute Gasteiger partial charge is 0.161 e. The lowest BCUT2D eigenvalue weighted by Crippen LogP contribution is -2.04. The Bertz CT molecular complexity index is 635. The van der Waals surface area contributed by atoms with Gasteiger partial charge in [-0.3, -0.25) is 0 Å². The van der Waals surface area contributed by atoms with E-state index in [4.69, 9.17) is 14.2 Å². The van der Waals surface area contributed by atoms with E-state index in [2.05, 4.69) is 32.0 Å². The van der Waals surface area contributed by atoms with Crippen LogP contribution in [-0.4, -0.2) is 20.3 Å². The number of hydrogen-bond acceptors (Lipinski definition) is 3. The van der Waals surface area contributed by atoms with Gasteiger partial charge in [0, 0.05) is 0 Å². The van der Waals surface area contributed by atoms with Crippen molar-refractivity contribution in [3.05, 3.63) is 53.1 Å². The molecule has 0 saturated heterocycles. The predicted molar refractivity (Wildman–Crippen MR) is 93.9 cm³/mol. The number of hydrogen-bond donors (Lipinski definition) is 0. The summed E-state index contributed by atoms with van der Waals surface area (Å²) in [4.78, 5) is 0. The third-order valence-electron chi connectivity index (χ3n) is 3.72. The first-order chi connectivity index (χ1) is 11.1. The van der Waals surface area contributed by atoms with Gasteiger partial charge in [-0.1, -0.05) is 18.2 Å². The Balaban J connectivity index is 1.71. The summed E-state index contributed by atoms with van der Waals surface area (Å²) in [6.07, 6.45) is 1.91. The molecule has 0 amide bonds. The zero-order chi connectivity index (χ0) is 16.7. The van der Waals surface area contributed by atoms with Crippen LogP contribution in [0.15, 0.2) is 36.4 Å². The van der Waals surface area contributed by atoms with Crippen LogP contribution in [-0.2, 0) is 0 Å². The molecular formula is C20H26O3. The van der Waals surface area contributed by atoms with E-state index in [1.54, 1.807) is 7.11 Å². The fourth-order valence-corrected chi connectivity index (χ4v) is 2.33. The van der Waals surface area contributed by atoms with Crippen LogP contribution in [0.2, 0.25) is 0 Å². The van der Waals surface area contributed by atoms with Crippen LogP contribution in [0.5, 0.6) is 17.2 Å². The molecule has 3 heteroatoms. The number of benzene rings is 2. The standard InChI is InChI=1S/C20H26O3/c1-15-7-9-17(3)19(13-15)23-12-6-5-11-22-18-10-8-16(2)14-20(18)21-4/h7-10,13-14H,5-6,11-12H2,1-4H3. The van der Waals surface area contributed by atoms with E-state index in [1.165, 1.54) is 11.1 Å². The number of aryl methyl sites for hydroxylation is 3. The highest BCUT2D eigenvalue weighted by Crippen LogP contribution is 2.27. The average molecular weight is 314 g/mol. The Morgan fingerprint density at radius 2 is 1.26 bits per heavy atom. The number of rotatable bonds is 8.